The number of ketones is 1. The van der Waals surface area contributed by atoms with E-state index in [1.165, 1.54) is 11.3 Å². The summed E-state index contributed by atoms with van der Waals surface area (Å²) >= 11 is 1.41. The zero-order chi connectivity index (χ0) is 18.1. The van der Waals surface area contributed by atoms with Crippen LogP contribution >= 0.6 is 11.3 Å². The summed E-state index contributed by atoms with van der Waals surface area (Å²) in [4.78, 5) is 29.2. The number of hydrogen-bond acceptors (Lipinski definition) is 5. The van der Waals surface area contributed by atoms with Crippen molar-refractivity contribution in [3.8, 4) is 0 Å². The standard InChI is InChI=1S/C20H16N2O3S/c23-17-14(7-6-12-4-2-1-3-5-12)22-20(25)15(17)18(24)16-19-13(8-10-21-16)9-11-26-19/h1-5,8-11,14,24H,6-7H2,(H,22,25). The first-order valence-electron chi connectivity index (χ1n) is 8.30. The predicted octanol–water partition coefficient (Wildman–Crippen LogP) is 3.27. The Labute approximate surface area is 154 Å². The number of fused-ring (bicyclic) bond motifs is 1. The Morgan fingerprint density at radius 2 is 1.96 bits per heavy atom. The molecular weight excluding hydrogens is 348 g/mol. The molecule has 1 aromatic carbocycles. The summed E-state index contributed by atoms with van der Waals surface area (Å²) in [7, 11) is 0. The number of aromatic nitrogens is 1. The van der Waals surface area contributed by atoms with E-state index in [0.29, 0.717) is 12.8 Å². The van der Waals surface area contributed by atoms with Crippen molar-refractivity contribution in [2.75, 3.05) is 0 Å². The van der Waals surface area contributed by atoms with Gasteiger partial charge >= 0.3 is 0 Å². The van der Waals surface area contributed by atoms with Gasteiger partial charge in [0.05, 0.1) is 10.7 Å². The SMILES string of the molecule is O=C1NC(CCc2ccccc2)C(=O)C1=C(O)c1nccc2ccsc12. The number of thiophene rings is 1. The third-order valence-corrected chi connectivity index (χ3v) is 5.43. The van der Waals surface area contributed by atoms with Crippen LogP contribution in [0.25, 0.3) is 15.8 Å². The number of aryl methyl sites for hydroxylation is 1. The molecule has 0 saturated carbocycles. The van der Waals surface area contributed by atoms with Gasteiger partial charge in [0.2, 0.25) is 0 Å². The first-order chi connectivity index (χ1) is 12.6. The van der Waals surface area contributed by atoms with E-state index in [0.717, 1.165) is 15.6 Å². The molecule has 2 N–H and O–H groups in total. The van der Waals surface area contributed by atoms with Crippen molar-refractivity contribution in [3.63, 3.8) is 0 Å². The number of Topliss-reactive ketones (excluding diaryl/α,β-unsaturated/α-hetero) is 1. The summed E-state index contributed by atoms with van der Waals surface area (Å²) in [6, 6.07) is 12.9. The van der Waals surface area contributed by atoms with E-state index in [2.05, 4.69) is 10.3 Å². The lowest BCUT2D eigenvalue weighted by Crippen LogP contribution is -2.29. The molecule has 130 valence electrons. The molecule has 1 atom stereocenters. The van der Waals surface area contributed by atoms with Gasteiger partial charge in [-0.2, -0.15) is 0 Å². The van der Waals surface area contributed by atoms with Crippen LogP contribution in [0.2, 0.25) is 0 Å². The number of carbonyl (C=O) groups is 2. The fraction of sp³-hybridized carbons (Fsp3) is 0.150. The fourth-order valence-corrected chi connectivity index (χ4v) is 4.03. The van der Waals surface area contributed by atoms with E-state index >= 15 is 0 Å². The Kier molecular flexibility index (Phi) is 4.26. The van der Waals surface area contributed by atoms with E-state index in [4.69, 9.17) is 0 Å². The second-order valence-electron chi connectivity index (χ2n) is 6.14. The number of benzene rings is 1. The Balaban J connectivity index is 1.62. The molecular formula is C20H16N2O3S. The normalized spacial score (nSPS) is 19.0. The molecule has 0 spiro atoms. The van der Waals surface area contributed by atoms with E-state index < -0.39 is 11.9 Å². The minimum atomic E-state index is -0.623. The minimum Gasteiger partial charge on any atom is -0.505 e. The Morgan fingerprint density at radius 1 is 1.15 bits per heavy atom. The van der Waals surface area contributed by atoms with Crippen LogP contribution in [0.5, 0.6) is 0 Å². The van der Waals surface area contributed by atoms with Gasteiger partial charge in [-0.05, 0) is 41.3 Å². The first-order valence-corrected chi connectivity index (χ1v) is 9.18. The smallest absolute Gasteiger partial charge is 0.259 e. The second-order valence-corrected chi connectivity index (χ2v) is 7.05. The molecule has 3 heterocycles. The number of rotatable bonds is 4. The van der Waals surface area contributed by atoms with Crippen LogP contribution < -0.4 is 5.32 Å². The Hall–Kier alpha value is -2.99. The highest BCUT2D eigenvalue weighted by molar-refractivity contribution is 7.17. The molecule has 4 rings (SSSR count). The lowest BCUT2D eigenvalue weighted by molar-refractivity contribution is -0.117. The maximum absolute atomic E-state index is 12.7. The van der Waals surface area contributed by atoms with Crippen molar-refractivity contribution in [2.24, 2.45) is 0 Å². The van der Waals surface area contributed by atoms with E-state index in [1.54, 1.807) is 6.20 Å². The molecule has 0 aliphatic carbocycles. The molecule has 1 fully saturated rings. The van der Waals surface area contributed by atoms with Crippen LogP contribution in [0.15, 0.2) is 59.6 Å². The molecule has 1 aliphatic heterocycles. The predicted molar refractivity (Wildman–Crippen MR) is 101 cm³/mol. The zero-order valence-electron chi connectivity index (χ0n) is 13.8. The van der Waals surface area contributed by atoms with Crippen LogP contribution in [0.1, 0.15) is 17.7 Å². The first kappa shape index (κ1) is 16.5. The van der Waals surface area contributed by atoms with Crippen molar-refractivity contribution < 1.29 is 14.7 Å². The van der Waals surface area contributed by atoms with Gasteiger partial charge in [0.15, 0.2) is 11.5 Å². The van der Waals surface area contributed by atoms with Gasteiger partial charge in [-0.1, -0.05) is 30.3 Å². The molecule has 0 bridgehead atoms. The lowest BCUT2D eigenvalue weighted by Gasteiger charge is -2.07. The molecule has 1 saturated heterocycles. The van der Waals surface area contributed by atoms with E-state index in [9.17, 15) is 14.7 Å². The third-order valence-electron chi connectivity index (χ3n) is 4.49. The molecule has 6 heteroatoms. The topological polar surface area (TPSA) is 79.3 Å². The number of nitrogens with one attached hydrogen (secondary N) is 1. The summed E-state index contributed by atoms with van der Waals surface area (Å²) in [6.45, 7) is 0. The van der Waals surface area contributed by atoms with Crippen LogP contribution in [0, 0.1) is 0 Å². The summed E-state index contributed by atoms with van der Waals surface area (Å²) in [6.07, 6.45) is 2.72. The molecule has 1 amide bonds. The van der Waals surface area contributed by atoms with Crippen molar-refractivity contribution in [3.05, 3.63) is 70.9 Å². The number of amides is 1. The van der Waals surface area contributed by atoms with Crippen LogP contribution in [0.4, 0.5) is 0 Å². The monoisotopic (exact) mass is 364 g/mol. The average molecular weight is 364 g/mol. The summed E-state index contributed by atoms with van der Waals surface area (Å²) < 4.78 is 0.755. The largest absolute Gasteiger partial charge is 0.505 e. The van der Waals surface area contributed by atoms with Crippen molar-refractivity contribution in [1.29, 1.82) is 0 Å². The zero-order valence-corrected chi connectivity index (χ0v) is 14.6. The van der Waals surface area contributed by atoms with Crippen molar-refractivity contribution >= 4 is 38.9 Å². The van der Waals surface area contributed by atoms with Gasteiger partial charge in [-0.15, -0.1) is 11.3 Å². The van der Waals surface area contributed by atoms with Gasteiger partial charge in [0, 0.05) is 6.20 Å². The van der Waals surface area contributed by atoms with Crippen molar-refractivity contribution in [2.45, 2.75) is 18.9 Å². The number of nitrogens with zero attached hydrogens (tertiary/aromatic N) is 1. The highest BCUT2D eigenvalue weighted by atomic mass is 32.1. The Bertz CT molecular complexity index is 1020. The lowest BCUT2D eigenvalue weighted by atomic mass is 10.0. The average Bonchev–Trinajstić information content (AvgIpc) is 3.24. The quantitative estimate of drug-likeness (QED) is 0.423. The summed E-state index contributed by atoms with van der Waals surface area (Å²) in [5.74, 6) is -1.26. The van der Waals surface area contributed by atoms with Crippen LogP contribution in [-0.2, 0) is 16.0 Å². The number of aliphatic hydroxyl groups excluding tert-OH is 1. The highest BCUT2D eigenvalue weighted by Crippen LogP contribution is 2.30. The van der Waals surface area contributed by atoms with E-state index in [-0.39, 0.29) is 22.8 Å². The number of aliphatic hydroxyl groups is 1. The van der Waals surface area contributed by atoms with E-state index in [1.807, 2.05) is 47.8 Å². The maximum atomic E-state index is 12.7. The maximum Gasteiger partial charge on any atom is 0.259 e. The molecule has 26 heavy (non-hydrogen) atoms. The van der Waals surface area contributed by atoms with Gasteiger partial charge in [-0.3, -0.25) is 14.6 Å². The van der Waals surface area contributed by atoms with Crippen LogP contribution in [0.3, 0.4) is 0 Å². The third kappa shape index (κ3) is 2.88. The van der Waals surface area contributed by atoms with Gasteiger partial charge in [-0.25, -0.2) is 0 Å². The van der Waals surface area contributed by atoms with Crippen molar-refractivity contribution in [1.82, 2.24) is 10.3 Å². The van der Waals surface area contributed by atoms with Crippen LogP contribution in [-0.4, -0.2) is 27.8 Å². The number of hydrogen-bond donors (Lipinski definition) is 2. The molecule has 3 aromatic rings. The summed E-state index contributed by atoms with van der Waals surface area (Å²) in [5.41, 5.74) is 1.18. The molecule has 1 unspecified atom stereocenters. The summed E-state index contributed by atoms with van der Waals surface area (Å²) in [5, 5.41) is 16.1. The minimum absolute atomic E-state index is 0.198. The van der Waals surface area contributed by atoms with Gasteiger partial charge in [0.1, 0.15) is 11.3 Å². The molecule has 0 radical (unpaired) electrons. The number of carbonyl (C=O) groups excluding carboxylic acids is 2. The molecule has 5 nitrogen and oxygen atoms in total. The molecule has 2 aromatic heterocycles. The highest BCUT2D eigenvalue weighted by Gasteiger charge is 2.38. The number of pyridine rings is 1. The van der Waals surface area contributed by atoms with Gasteiger partial charge in [0.25, 0.3) is 5.91 Å². The Morgan fingerprint density at radius 3 is 2.77 bits per heavy atom. The molecule has 1 aliphatic rings. The fourth-order valence-electron chi connectivity index (χ4n) is 3.15. The van der Waals surface area contributed by atoms with Gasteiger partial charge < -0.3 is 10.4 Å². The second kappa shape index (κ2) is 6.72.